The molecule has 2 aromatic carbocycles. The van der Waals surface area contributed by atoms with Crippen LogP contribution in [-0.2, 0) is 11.4 Å². The second-order valence-corrected chi connectivity index (χ2v) is 8.12. The molecule has 30 heavy (non-hydrogen) atoms. The molecule has 1 fully saturated rings. The summed E-state index contributed by atoms with van der Waals surface area (Å²) in [5, 5.41) is 2.26. The molecule has 1 saturated heterocycles. The van der Waals surface area contributed by atoms with Crippen LogP contribution >= 0.6 is 0 Å². The zero-order valence-corrected chi connectivity index (χ0v) is 18.0. The Balaban J connectivity index is 1.35. The van der Waals surface area contributed by atoms with E-state index in [2.05, 4.69) is 45.9 Å². The summed E-state index contributed by atoms with van der Waals surface area (Å²) in [6.45, 7) is 4.32. The first-order valence-corrected chi connectivity index (χ1v) is 10.8. The number of fused-ring (bicyclic) bond motifs is 1. The monoisotopic (exact) mass is 405 g/mol. The number of piperidine rings is 1. The smallest absolute Gasteiger partial charge is 0.279 e. The molecule has 5 nitrogen and oxygen atoms in total. The standard InChI is InChI=1S/C25H31N3O2/c1-26(30-2)25(29)23-19-28(24-12-7-6-11-22(23)24)16-8-15-27-17-13-21(14-18-27)20-9-4-3-5-10-20/h3-7,9-12,19,21H,8,13-18H2,1-2H3. The summed E-state index contributed by atoms with van der Waals surface area (Å²) in [4.78, 5) is 20.3. The number of aryl methyl sites for hydroxylation is 1. The van der Waals surface area contributed by atoms with Crippen LogP contribution in [0.15, 0.2) is 60.8 Å². The lowest BCUT2D eigenvalue weighted by molar-refractivity contribution is -0.0755. The number of amides is 1. The maximum atomic E-state index is 12.7. The first kappa shape index (κ1) is 20.6. The molecular formula is C25H31N3O2. The average molecular weight is 406 g/mol. The molecule has 1 aliphatic rings. The lowest BCUT2D eigenvalue weighted by Crippen LogP contribution is -2.34. The molecule has 0 saturated carbocycles. The third-order valence-electron chi connectivity index (χ3n) is 6.31. The predicted molar refractivity (Wildman–Crippen MR) is 121 cm³/mol. The number of para-hydroxylation sites is 1. The van der Waals surface area contributed by atoms with Crippen molar-refractivity contribution in [2.45, 2.75) is 31.7 Å². The van der Waals surface area contributed by atoms with E-state index < -0.39 is 0 Å². The number of benzene rings is 2. The highest BCUT2D eigenvalue weighted by molar-refractivity contribution is 6.06. The number of hydrogen-bond donors (Lipinski definition) is 0. The third kappa shape index (κ3) is 4.42. The minimum Gasteiger partial charge on any atom is -0.347 e. The molecule has 0 N–H and O–H groups in total. The molecular weight excluding hydrogens is 374 g/mol. The second kappa shape index (κ2) is 9.45. The topological polar surface area (TPSA) is 37.7 Å². The number of carbonyl (C=O) groups excluding carboxylic acids is 1. The van der Waals surface area contributed by atoms with Crippen molar-refractivity contribution in [1.82, 2.24) is 14.5 Å². The van der Waals surface area contributed by atoms with Crippen molar-refractivity contribution in [2.75, 3.05) is 33.8 Å². The van der Waals surface area contributed by atoms with Gasteiger partial charge in [-0.05, 0) is 56.4 Å². The SMILES string of the molecule is CON(C)C(=O)c1cn(CCCN2CCC(c3ccccc3)CC2)c2ccccc12. The van der Waals surface area contributed by atoms with E-state index in [0.29, 0.717) is 11.5 Å². The van der Waals surface area contributed by atoms with Gasteiger partial charge in [-0.25, -0.2) is 5.06 Å². The van der Waals surface area contributed by atoms with Crippen molar-refractivity contribution in [1.29, 1.82) is 0 Å². The maximum absolute atomic E-state index is 12.7. The van der Waals surface area contributed by atoms with E-state index in [0.717, 1.165) is 43.5 Å². The first-order valence-electron chi connectivity index (χ1n) is 10.8. The Morgan fingerprint density at radius 1 is 1.03 bits per heavy atom. The van der Waals surface area contributed by atoms with Crippen LogP contribution in [0.2, 0.25) is 0 Å². The van der Waals surface area contributed by atoms with Gasteiger partial charge in [0.25, 0.3) is 5.91 Å². The first-order chi connectivity index (χ1) is 14.7. The molecule has 1 amide bonds. The van der Waals surface area contributed by atoms with Crippen LogP contribution < -0.4 is 0 Å². The molecule has 158 valence electrons. The normalized spacial score (nSPS) is 15.5. The van der Waals surface area contributed by atoms with Gasteiger partial charge < -0.3 is 9.47 Å². The zero-order chi connectivity index (χ0) is 20.9. The molecule has 4 rings (SSSR count). The van der Waals surface area contributed by atoms with E-state index in [4.69, 9.17) is 4.84 Å². The number of rotatable bonds is 7. The van der Waals surface area contributed by atoms with Crippen molar-refractivity contribution < 1.29 is 9.63 Å². The number of hydroxylamine groups is 2. The fraction of sp³-hybridized carbons (Fsp3) is 0.400. The minimum absolute atomic E-state index is 0.115. The molecule has 0 atom stereocenters. The largest absolute Gasteiger partial charge is 0.347 e. The van der Waals surface area contributed by atoms with Crippen molar-refractivity contribution in [3.8, 4) is 0 Å². The molecule has 0 unspecified atom stereocenters. The van der Waals surface area contributed by atoms with Crippen LogP contribution in [0.1, 0.15) is 41.1 Å². The van der Waals surface area contributed by atoms with E-state index in [1.807, 2.05) is 24.4 Å². The van der Waals surface area contributed by atoms with Gasteiger partial charge in [0, 0.05) is 30.7 Å². The van der Waals surface area contributed by atoms with Gasteiger partial charge in [0.05, 0.1) is 12.7 Å². The van der Waals surface area contributed by atoms with E-state index in [-0.39, 0.29) is 5.91 Å². The number of likely N-dealkylation sites (tertiary alicyclic amines) is 1. The van der Waals surface area contributed by atoms with E-state index in [9.17, 15) is 4.79 Å². The van der Waals surface area contributed by atoms with Crippen LogP contribution in [0.5, 0.6) is 0 Å². The Labute approximate surface area is 178 Å². The highest BCUT2D eigenvalue weighted by Gasteiger charge is 2.21. The number of hydrogen-bond acceptors (Lipinski definition) is 3. The quantitative estimate of drug-likeness (QED) is 0.542. The van der Waals surface area contributed by atoms with E-state index in [1.54, 1.807) is 7.05 Å². The molecule has 2 heterocycles. The Hall–Kier alpha value is -2.63. The fourth-order valence-corrected chi connectivity index (χ4v) is 4.53. The average Bonchev–Trinajstić information content (AvgIpc) is 3.18. The summed E-state index contributed by atoms with van der Waals surface area (Å²) in [6.07, 6.45) is 5.52. The van der Waals surface area contributed by atoms with Crippen molar-refractivity contribution >= 4 is 16.8 Å². The molecule has 0 radical (unpaired) electrons. The summed E-state index contributed by atoms with van der Waals surface area (Å²) in [5.41, 5.74) is 3.28. The van der Waals surface area contributed by atoms with Gasteiger partial charge in [0.1, 0.15) is 0 Å². The summed E-state index contributed by atoms with van der Waals surface area (Å²) >= 11 is 0. The second-order valence-electron chi connectivity index (χ2n) is 8.12. The van der Waals surface area contributed by atoms with Gasteiger partial charge in [0.2, 0.25) is 0 Å². The molecule has 0 aliphatic carbocycles. The highest BCUT2D eigenvalue weighted by Crippen LogP contribution is 2.28. The molecule has 5 heteroatoms. The Bertz CT molecular complexity index is 974. The molecule has 0 bridgehead atoms. The summed E-state index contributed by atoms with van der Waals surface area (Å²) in [7, 11) is 3.16. The molecule has 1 aliphatic heterocycles. The number of nitrogens with zero attached hydrogens (tertiary/aromatic N) is 3. The van der Waals surface area contributed by atoms with Gasteiger partial charge in [0.15, 0.2) is 0 Å². The van der Waals surface area contributed by atoms with Gasteiger partial charge in [-0.3, -0.25) is 9.63 Å². The summed E-state index contributed by atoms with van der Waals surface area (Å²) < 4.78 is 2.21. The summed E-state index contributed by atoms with van der Waals surface area (Å²) in [6, 6.07) is 19.0. The van der Waals surface area contributed by atoms with Crippen LogP contribution in [0.25, 0.3) is 10.9 Å². The lowest BCUT2D eigenvalue weighted by atomic mass is 9.89. The van der Waals surface area contributed by atoms with E-state index in [1.165, 1.54) is 30.6 Å². The van der Waals surface area contributed by atoms with Crippen LogP contribution in [0.4, 0.5) is 0 Å². The summed E-state index contributed by atoms with van der Waals surface area (Å²) in [5.74, 6) is 0.581. The van der Waals surface area contributed by atoms with Gasteiger partial charge in [-0.1, -0.05) is 48.5 Å². The van der Waals surface area contributed by atoms with E-state index >= 15 is 0 Å². The van der Waals surface area contributed by atoms with Crippen LogP contribution in [-0.4, -0.2) is 54.2 Å². The van der Waals surface area contributed by atoms with Crippen LogP contribution in [0.3, 0.4) is 0 Å². The van der Waals surface area contributed by atoms with Gasteiger partial charge in [-0.2, -0.15) is 0 Å². The molecule has 1 aromatic heterocycles. The van der Waals surface area contributed by atoms with Gasteiger partial charge >= 0.3 is 0 Å². The lowest BCUT2D eigenvalue weighted by Gasteiger charge is -2.32. The number of aromatic nitrogens is 1. The fourth-order valence-electron chi connectivity index (χ4n) is 4.53. The number of carbonyl (C=O) groups is 1. The Kier molecular flexibility index (Phi) is 6.50. The van der Waals surface area contributed by atoms with Crippen LogP contribution in [0, 0.1) is 0 Å². The molecule has 0 spiro atoms. The van der Waals surface area contributed by atoms with Crippen molar-refractivity contribution in [3.63, 3.8) is 0 Å². The minimum atomic E-state index is -0.115. The third-order valence-corrected chi connectivity index (χ3v) is 6.31. The van der Waals surface area contributed by atoms with Gasteiger partial charge in [-0.15, -0.1) is 0 Å². The Morgan fingerprint density at radius 3 is 2.47 bits per heavy atom. The zero-order valence-electron chi connectivity index (χ0n) is 18.0. The van der Waals surface area contributed by atoms with Crippen molar-refractivity contribution in [2.24, 2.45) is 0 Å². The predicted octanol–water partition coefficient (Wildman–Crippen LogP) is 4.54. The van der Waals surface area contributed by atoms with Crippen molar-refractivity contribution in [3.05, 3.63) is 71.9 Å². The molecule has 3 aromatic rings. The maximum Gasteiger partial charge on any atom is 0.279 e. The highest BCUT2D eigenvalue weighted by atomic mass is 16.7. The Morgan fingerprint density at radius 2 is 1.73 bits per heavy atom.